The second-order valence-electron chi connectivity index (χ2n) is 4.78. The molecular formula is C17H20FNO2. The van der Waals surface area contributed by atoms with E-state index in [0.29, 0.717) is 18.9 Å². The lowest BCUT2D eigenvalue weighted by Gasteiger charge is -2.12. The molecule has 0 saturated heterocycles. The number of rotatable bonds is 7. The van der Waals surface area contributed by atoms with Crippen LogP contribution >= 0.6 is 0 Å². The van der Waals surface area contributed by atoms with Gasteiger partial charge in [-0.15, -0.1) is 0 Å². The number of ether oxygens (including phenoxy) is 2. The van der Waals surface area contributed by atoms with Crippen LogP contribution in [0.4, 0.5) is 4.39 Å². The van der Waals surface area contributed by atoms with Crippen LogP contribution in [-0.2, 0) is 13.0 Å². The molecule has 2 rings (SSSR count). The van der Waals surface area contributed by atoms with Crippen LogP contribution in [0.3, 0.4) is 0 Å². The lowest BCUT2D eigenvalue weighted by molar-refractivity contribution is 0.296. The zero-order valence-corrected chi connectivity index (χ0v) is 12.1. The zero-order chi connectivity index (χ0) is 15.1. The van der Waals surface area contributed by atoms with Crippen molar-refractivity contribution in [3.8, 4) is 11.5 Å². The normalized spacial score (nSPS) is 10.4. The fourth-order valence-electron chi connectivity index (χ4n) is 2.10. The van der Waals surface area contributed by atoms with Gasteiger partial charge in [0.25, 0.3) is 0 Å². The Balaban J connectivity index is 2.07. The monoisotopic (exact) mass is 289 g/mol. The molecule has 0 atom stereocenters. The highest BCUT2D eigenvalue weighted by Crippen LogP contribution is 2.23. The number of halogens is 1. The Bertz CT molecular complexity index is 570. The molecule has 21 heavy (non-hydrogen) atoms. The highest BCUT2D eigenvalue weighted by molar-refractivity contribution is 5.37. The summed E-state index contributed by atoms with van der Waals surface area (Å²) in [7, 11) is 1.64. The van der Waals surface area contributed by atoms with Crippen molar-refractivity contribution in [3.63, 3.8) is 0 Å². The fraction of sp³-hybridized carbons (Fsp3) is 0.294. The van der Waals surface area contributed by atoms with Crippen LogP contribution in [0.15, 0.2) is 42.5 Å². The van der Waals surface area contributed by atoms with Gasteiger partial charge in [-0.2, -0.15) is 0 Å². The maximum Gasteiger partial charge on any atom is 0.125 e. The molecule has 0 saturated carbocycles. The van der Waals surface area contributed by atoms with Gasteiger partial charge in [0.15, 0.2) is 0 Å². The average molecular weight is 289 g/mol. The lowest BCUT2D eigenvalue weighted by atomic mass is 10.1. The largest absolute Gasteiger partial charge is 0.496 e. The van der Waals surface area contributed by atoms with Crippen LogP contribution in [0, 0.1) is 5.82 Å². The van der Waals surface area contributed by atoms with Crippen LogP contribution in [0.2, 0.25) is 0 Å². The maximum atomic E-state index is 12.9. The summed E-state index contributed by atoms with van der Waals surface area (Å²) in [6.45, 7) is 1.05. The molecule has 2 aromatic carbocycles. The van der Waals surface area contributed by atoms with Crippen LogP contribution in [0.5, 0.6) is 11.5 Å². The second kappa shape index (κ2) is 7.64. The average Bonchev–Trinajstić information content (AvgIpc) is 2.52. The van der Waals surface area contributed by atoms with Crippen molar-refractivity contribution >= 4 is 0 Å². The van der Waals surface area contributed by atoms with Crippen molar-refractivity contribution in [1.29, 1.82) is 0 Å². The first kappa shape index (κ1) is 15.3. The third-order valence-corrected chi connectivity index (χ3v) is 3.22. The Labute approximate surface area is 124 Å². The molecule has 0 unspecified atom stereocenters. The molecule has 0 heterocycles. The van der Waals surface area contributed by atoms with Gasteiger partial charge in [0, 0.05) is 5.56 Å². The minimum Gasteiger partial charge on any atom is -0.496 e. The van der Waals surface area contributed by atoms with Gasteiger partial charge in [-0.25, -0.2) is 4.39 Å². The van der Waals surface area contributed by atoms with Gasteiger partial charge in [-0.05, 0) is 61.3 Å². The third kappa shape index (κ3) is 4.46. The molecule has 0 spiro atoms. The predicted molar refractivity (Wildman–Crippen MR) is 81.1 cm³/mol. The fourth-order valence-corrected chi connectivity index (χ4v) is 2.10. The van der Waals surface area contributed by atoms with E-state index in [4.69, 9.17) is 15.2 Å². The molecule has 2 aromatic rings. The van der Waals surface area contributed by atoms with E-state index in [1.165, 1.54) is 17.7 Å². The highest BCUT2D eigenvalue weighted by atomic mass is 19.1. The Morgan fingerprint density at radius 1 is 1.10 bits per heavy atom. The van der Waals surface area contributed by atoms with Crippen molar-refractivity contribution in [2.75, 3.05) is 13.7 Å². The van der Waals surface area contributed by atoms with Gasteiger partial charge in [0.05, 0.1) is 7.11 Å². The van der Waals surface area contributed by atoms with Crippen LogP contribution < -0.4 is 15.2 Å². The van der Waals surface area contributed by atoms with E-state index < -0.39 is 0 Å². The number of aryl methyl sites for hydroxylation is 1. The van der Waals surface area contributed by atoms with Crippen LogP contribution in [-0.4, -0.2) is 13.7 Å². The first-order chi connectivity index (χ1) is 10.2. The summed E-state index contributed by atoms with van der Waals surface area (Å²) < 4.78 is 23.9. The van der Waals surface area contributed by atoms with E-state index >= 15 is 0 Å². The van der Waals surface area contributed by atoms with E-state index in [2.05, 4.69) is 6.07 Å². The number of benzene rings is 2. The summed E-state index contributed by atoms with van der Waals surface area (Å²) in [5, 5.41) is 0. The maximum absolute atomic E-state index is 12.9. The van der Waals surface area contributed by atoms with Crippen molar-refractivity contribution in [2.45, 2.75) is 19.4 Å². The quantitative estimate of drug-likeness (QED) is 0.850. The van der Waals surface area contributed by atoms with Gasteiger partial charge >= 0.3 is 0 Å². The number of hydrogen-bond acceptors (Lipinski definition) is 3. The summed E-state index contributed by atoms with van der Waals surface area (Å²) in [5.74, 6) is 1.14. The number of nitrogens with two attached hydrogens (primary N) is 1. The van der Waals surface area contributed by atoms with Crippen molar-refractivity contribution < 1.29 is 13.9 Å². The SMILES string of the molecule is COc1ccc(CCCN)cc1COc1ccc(F)cc1. The summed E-state index contributed by atoms with van der Waals surface area (Å²) in [6.07, 6.45) is 1.88. The van der Waals surface area contributed by atoms with Gasteiger partial charge in [-0.1, -0.05) is 6.07 Å². The van der Waals surface area contributed by atoms with Crippen LogP contribution in [0.25, 0.3) is 0 Å². The molecule has 0 aliphatic rings. The summed E-state index contributed by atoms with van der Waals surface area (Å²) in [5.41, 5.74) is 7.71. The van der Waals surface area contributed by atoms with E-state index in [0.717, 1.165) is 24.2 Å². The molecule has 3 nitrogen and oxygen atoms in total. The molecule has 0 fully saturated rings. The first-order valence-electron chi connectivity index (χ1n) is 6.97. The Morgan fingerprint density at radius 2 is 1.86 bits per heavy atom. The van der Waals surface area contributed by atoms with E-state index in [-0.39, 0.29) is 5.82 Å². The minimum absolute atomic E-state index is 0.274. The van der Waals surface area contributed by atoms with Gasteiger partial charge in [0.2, 0.25) is 0 Å². The summed E-state index contributed by atoms with van der Waals surface area (Å²) in [6, 6.07) is 12.0. The predicted octanol–water partition coefficient (Wildman–Crippen LogP) is 3.30. The van der Waals surface area contributed by atoms with E-state index in [9.17, 15) is 4.39 Å². The standard InChI is InChI=1S/C17H20FNO2/c1-20-17-9-4-13(3-2-10-19)11-14(17)12-21-16-7-5-15(18)6-8-16/h4-9,11H,2-3,10,12,19H2,1H3. The highest BCUT2D eigenvalue weighted by Gasteiger charge is 2.06. The molecule has 4 heteroatoms. The van der Waals surface area contributed by atoms with Gasteiger partial charge < -0.3 is 15.2 Å². The second-order valence-corrected chi connectivity index (χ2v) is 4.78. The van der Waals surface area contributed by atoms with Crippen LogP contribution in [0.1, 0.15) is 17.5 Å². The lowest BCUT2D eigenvalue weighted by Crippen LogP contribution is -2.03. The van der Waals surface area contributed by atoms with E-state index in [1.54, 1.807) is 19.2 Å². The van der Waals surface area contributed by atoms with Crippen molar-refractivity contribution in [1.82, 2.24) is 0 Å². The molecular weight excluding hydrogens is 269 g/mol. The van der Waals surface area contributed by atoms with Gasteiger partial charge in [0.1, 0.15) is 23.9 Å². The molecule has 0 bridgehead atoms. The molecule has 0 aromatic heterocycles. The molecule has 0 aliphatic heterocycles. The molecule has 2 N–H and O–H groups in total. The minimum atomic E-state index is -0.274. The summed E-state index contributed by atoms with van der Waals surface area (Å²) in [4.78, 5) is 0. The smallest absolute Gasteiger partial charge is 0.125 e. The van der Waals surface area contributed by atoms with Gasteiger partial charge in [-0.3, -0.25) is 0 Å². The Hall–Kier alpha value is -2.07. The molecule has 112 valence electrons. The topological polar surface area (TPSA) is 44.5 Å². The zero-order valence-electron chi connectivity index (χ0n) is 12.1. The van der Waals surface area contributed by atoms with Crippen molar-refractivity contribution in [3.05, 3.63) is 59.4 Å². The van der Waals surface area contributed by atoms with E-state index in [1.807, 2.05) is 12.1 Å². The molecule has 0 amide bonds. The number of methoxy groups -OCH3 is 1. The number of hydrogen-bond donors (Lipinski definition) is 1. The van der Waals surface area contributed by atoms with Crippen molar-refractivity contribution in [2.24, 2.45) is 5.73 Å². The Kier molecular flexibility index (Phi) is 5.58. The summed E-state index contributed by atoms with van der Waals surface area (Å²) >= 11 is 0. The molecule has 0 radical (unpaired) electrons. The molecule has 0 aliphatic carbocycles. The first-order valence-corrected chi connectivity index (χ1v) is 6.97. The Morgan fingerprint density at radius 3 is 2.52 bits per heavy atom. The third-order valence-electron chi connectivity index (χ3n) is 3.22.